The molecule has 0 unspecified atom stereocenters. The number of hydrogen-bond donors (Lipinski definition) is 0. The van der Waals surface area contributed by atoms with E-state index in [4.69, 9.17) is 0 Å². The highest BCUT2D eigenvalue weighted by molar-refractivity contribution is 6.23. The van der Waals surface area contributed by atoms with Gasteiger partial charge in [-0.25, -0.2) is 0 Å². The van der Waals surface area contributed by atoms with Crippen LogP contribution in [0.5, 0.6) is 0 Å². The lowest BCUT2D eigenvalue weighted by molar-refractivity contribution is 1.18. The quantitative estimate of drug-likeness (QED) is 0.164. The van der Waals surface area contributed by atoms with E-state index in [1.54, 1.807) is 0 Å². The maximum absolute atomic E-state index is 2.48. The molecule has 0 N–H and O–H groups in total. The van der Waals surface area contributed by atoms with Gasteiger partial charge in [0.25, 0.3) is 0 Å². The first kappa shape index (κ1) is 30.5. The van der Waals surface area contributed by atoms with Gasteiger partial charge in [0.15, 0.2) is 0 Å². The third-order valence-electron chi connectivity index (χ3n) is 11.1. The van der Waals surface area contributed by atoms with Gasteiger partial charge in [-0.2, -0.15) is 0 Å². The Balaban J connectivity index is 1.24. The molecular formula is C52H34N2. The summed E-state index contributed by atoms with van der Waals surface area (Å²) in [4.78, 5) is 2.48. The van der Waals surface area contributed by atoms with Crippen molar-refractivity contribution in [3.8, 4) is 16.8 Å². The topological polar surface area (TPSA) is 8.17 Å². The number of anilines is 3. The van der Waals surface area contributed by atoms with Gasteiger partial charge in [0, 0.05) is 32.9 Å². The summed E-state index contributed by atoms with van der Waals surface area (Å²) in [5, 5.41) is 12.3. The molecule has 0 spiro atoms. The molecule has 0 bridgehead atoms. The molecule has 252 valence electrons. The Bertz CT molecular complexity index is 3220. The van der Waals surface area contributed by atoms with E-state index in [-0.39, 0.29) is 0 Å². The van der Waals surface area contributed by atoms with Crippen LogP contribution in [0.2, 0.25) is 0 Å². The number of benzene rings is 10. The largest absolute Gasteiger partial charge is 0.309 e. The van der Waals surface area contributed by atoms with Crippen LogP contribution >= 0.6 is 0 Å². The molecule has 54 heavy (non-hydrogen) atoms. The second kappa shape index (κ2) is 12.2. The Morgan fingerprint density at radius 2 is 0.926 bits per heavy atom. The first-order chi connectivity index (χ1) is 26.8. The first-order valence-corrected chi connectivity index (χ1v) is 18.6. The normalized spacial score (nSPS) is 11.7. The first-order valence-electron chi connectivity index (χ1n) is 18.6. The molecule has 0 aliphatic carbocycles. The highest BCUT2D eigenvalue weighted by Crippen LogP contribution is 2.47. The summed E-state index contributed by atoms with van der Waals surface area (Å²) in [5.41, 5.74) is 9.40. The van der Waals surface area contributed by atoms with Crippen molar-refractivity contribution in [2.75, 3.05) is 4.90 Å². The summed E-state index contributed by atoms with van der Waals surface area (Å²) < 4.78 is 2.42. The predicted molar refractivity (Wildman–Crippen MR) is 231 cm³/mol. The van der Waals surface area contributed by atoms with E-state index in [0.29, 0.717) is 0 Å². The number of rotatable bonds is 5. The van der Waals surface area contributed by atoms with Crippen molar-refractivity contribution in [2.24, 2.45) is 0 Å². The van der Waals surface area contributed by atoms with Crippen molar-refractivity contribution in [3.05, 3.63) is 206 Å². The van der Waals surface area contributed by atoms with Crippen molar-refractivity contribution in [1.29, 1.82) is 0 Å². The molecule has 11 aromatic rings. The van der Waals surface area contributed by atoms with Gasteiger partial charge in [-0.3, -0.25) is 0 Å². The minimum atomic E-state index is 1.11. The van der Waals surface area contributed by atoms with Gasteiger partial charge < -0.3 is 9.47 Å². The smallest absolute Gasteiger partial charge is 0.0553 e. The summed E-state index contributed by atoms with van der Waals surface area (Å²) >= 11 is 0. The lowest BCUT2D eigenvalue weighted by Gasteiger charge is -2.29. The van der Waals surface area contributed by atoms with E-state index in [0.717, 1.165) is 22.7 Å². The molecule has 0 radical (unpaired) electrons. The van der Waals surface area contributed by atoms with Gasteiger partial charge in [-0.15, -0.1) is 0 Å². The molecule has 0 aliphatic heterocycles. The lowest BCUT2D eigenvalue weighted by Crippen LogP contribution is -2.11. The molecule has 0 aliphatic rings. The number of para-hydroxylation sites is 2. The molecule has 0 amide bonds. The standard InChI is InChI=1S/C52H34N2/c1-2-21-39(22-3-1)53-48-30-13-12-29-46(48)52-50(53)34-37-18-6-9-26-43(37)51(52)38-20-14-23-40(32-38)54(47-31-15-19-35-16-4-8-25-42(35)47)49-33-36-17-5-7-24-41(36)44-27-10-11-28-45(44)49/h1-34H. The fraction of sp³-hybridized carbons (Fsp3) is 0. The maximum Gasteiger partial charge on any atom is 0.0553 e. The number of hydrogen-bond acceptors (Lipinski definition) is 1. The van der Waals surface area contributed by atoms with E-state index in [1.165, 1.54) is 76.0 Å². The van der Waals surface area contributed by atoms with Crippen LogP contribution in [0.15, 0.2) is 206 Å². The van der Waals surface area contributed by atoms with Gasteiger partial charge in [0.05, 0.1) is 22.4 Å². The lowest BCUT2D eigenvalue weighted by atomic mass is 9.92. The van der Waals surface area contributed by atoms with E-state index < -0.39 is 0 Å². The van der Waals surface area contributed by atoms with Crippen LogP contribution in [0.3, 0.4) is 0 Å². The second-order valence-corrected chi connectivity index (χ2v) is 14.1. The Morgan fingerprint density at radius 1 is 0.333 bits per heavy atom. The SMILES string of the molecule is c1ccc(-n2c3ccccc3c3c(-c4cccc(N(c5cccc6ccccc56)c5cc6ccccc6c6ccccc56)c4)c4ccccc4cc32)cc1. The summed E-state index contributed by atoms with van der Waals surface area (Å²) in [6.45, 7) is 0. The third kappa shape index (κ3) is 4.67. The zero-order valence-corrected chi connectivity index (χ0v) is 29.5. The molecule has 10 aromatic carbocycles. The van der Waals surface area contributed by atoms with Gasteiger partial charge >= 0.3 is 0 Å². The zero-order valence-electron chi connectivity index (χ0n) is 29.5. The Kier molecular flexibility index (Phi) is 6.90. The molecular weight excluding hydrogens is 653 g/mol. The minimum Gasteiger partial charge on any atom is -0.309 e. The molecule has 0 saturated carbocycles. The van der Waals surface area contributed by atoms with Gasteiger partial charge in [0.1, 0.15) is 0 Å². The van der Waals surface area contributed by atoms with Gasteiger partial charge in [-0.05, 0) is 92.0 Å². The van der Waals surface area contributed by atoms with E-state index in [2.05, 4.69) is 216 Å². The molecule has 0 atom stereocenters. The molecule has 2 heteroatoms. The number of fused-ring (bicyclic) bond motifs is 8. The van der Waals surface area contributed by atoms with Crippen LogP contribution in [-0.4, -0.2) is 4.57 Å². The van der Waals surface area contributed by atoms with Crippen LogP contribution in [-0.2, 0) is 0 Å². The highest BCUT2D eigenvalue weighted by atomic mass is 15.1. The Labute approximate surface area is 313 Å². The highest BCUT2D eigenvalue weighted by Gasteiger charge is 2.22. The van der Waals surface area contributed by atoms with Crippen LogP contribution in [0.25, 0.3) is 81.7 Å². The maximum atomic E-state index is 2.48. The summed E-state index contributed by atoms with van der Waals surface area (Å²) in [6.07, 6.45) is 0. The van der Waals surface area contributed by atoms with Gasteiger partial charge in [0.2, 0.25) is 0 Å². The third-order valence-corrected chi connectivity index (χ3v) is 11.1. The fourth-order valence-electron chi connectivity index (χ4n) is 8.78. The van der Waals surface area contributed by atoms with Crippen LogP contribution < -0.4 is 4.90 Å². The monoisotopic (exact) mass is 686 g/mol. The molecule has 1 heterocycles. The van der Waals surface area contributed by atoms with Gasteiger partial charge in [-0.1, -0.05) is 158 Å². The predicted octanol–water partition coefficient (Wildman–Crippen LogP) is 14.5. The Hall–Kier alpha value is -7.16. The number of nitrogens with zero attached hydrogens (tertiary/aromatic N) is 2. The molecule has 0 fully saturated rings. The van der Waals surface area contributed by atoms with Crippen LogP contribution in [0.1, 0.15) is 0 Å². The minimum absolute atomic E-state index is 1.11. The average Bonchev–Trinajstić information content (AvgIpc) is 3.57. The van der Waals surface area contributed by atoms with Crippen molar-refractivity contribution >= 4 is 82.0 Å². The van der Waals surface area contributed by atoms with Crippen molar-refractivity contribution < 1.29 is 0 Å². The van der Waals surface area contributed by atoms with Crippen LogP contribution in [0, 0.1) is 0 Å². The van der Waals surface area contributed by atoms with E-state index in [1.807, 2.05) is 0 Å². The van der Waals surface area contributed by atoms with E-state index in [9.17, 15) is 0 Å². The van der Waals surface area contributed by atoms with Crippen molar-refractivity contribution in [2.45, 2.75) is 0 Å². The fourth-order valence-corrected chi connectivity index (χ4v) is 8.78. The summed E-state index contributed by atoms with van der Waals surface area (Å²) in [5.74, 6) is 0. The average molecular weight is 687 g/mol. The molecule has 1 aromatic heterocycles. The van der Waals surface area contributed by atoms with Crippen molar-refractivity contribution in [3.63, 3.8) is 0 Å². The van der Waals surface area contributed by atoms with Crippen molar-refractivity contribution in [1.82, 2.24) is 4.57 Å². The van der Waals surface area contributed by atoms with Crippen LogP contribution in [0.4, 0.5) is 17.1 Å². The zero-order chi connectivity index (χ0) is 35.6. The molecule has 11 rings (SSSR count). The summed E-state index contributed by atoms with van der Waals surface area (Å²) in [7, 11) is 0. The number of aromatic nitrogens is 1. The van der Waals surface area contributed by atoms with E-state index >= 15 is 0 Å². The second-order valence-electron chi connectivity index (χ2n) is 14.1. The molecule has 2 nitrogen and oxygen atoms in total. The molecule has 0 saturated heterocycles. The summed E-state index contributed by atoms with van der Waals surface area (Å²) in [6, 6.07) is 75.4. The Morgan fingerprint density at radius 3 is 1.74 bits per heavy atom.